The lowest BCUT2D eigenvalue weighted by Gasteiger charge is -2.27. The molecule has 2 rings (SSSR count). The van der Waals surface area contributed by atoms with E-state index in [1.807, 2.05) is 20.5 Å². The molecule has 0 aromatic heterocycles. The van der Waals surface area contributed by atoms with Crippen molar-refractivity contribution in [2.24, 2.45) is 5.73 Å². The van der Waals surface area contributed by atoms with Gasteiger partial charge in [-0.15, -0.1) is 0 Å². The number of anilines is 2. The van der Waals surface area contributed by atoms with Crippen molar-refractivity contribution in [2.45, 2.75) is 26.3 Å². The van der Waals surface area contributed by atoms with Crippen LogP contribution in [0.4, 0.5) is 11.4 Å². The molecular formula is C12H18N3. The van der Waals surface area contributed by atoms with Gasteiger partial charge in [0, 0.05) is 12.1 Å². The summed E-state index contributed by atoms with van der Waals surface area (Å²) < 4.78 is 0. The number of aryl methyl sites for hydroxylation is 1. The minimum atomic E-state index is -0.190. The van der Waals surface area contributed by atoms with Gasteiger partial charge < -0.3 is 16.0 Å². The molecule has 15 heavy (non-hydrogen) atoms. The Hall–Kier alpha value is -1.22. The number of nitrogens with one attached hydrogen (secondary N) is 1. The molecule has 1 radical (unpaired) electrons. The van der Waals surface area contributed by atoms with E-state index in [0.717, 1.165) is 6.54 Å². The molecule has 0 amide bonds. The van der Waals surface area contributed by atoms with Gasteiger partial charge in [0.05, 0.1) is 11.4 Å². The molecule has 0 bridgehead atoms. The van der Waals surface area contributed by atoms with Crippen molar-refractivity contribution in [1.29, 1.82) is 0 Å². The number of benzene rings is 1. The van der Waals surface area contributed by atoms with Gasteiger partial charge in [0.15, 0.2) is 0 Å². The van der Waals surface area contributed by atoms with Gasteiger partial charge in [-0.25, -0.2) is 0 Å². The maximum atomic E-state index is 6.01. The van der Waals surface area contributed by atoms with Crippen LogP contribution in [0.25, 0.3) is 0 Å². The van der Waals surface area contributed by atoms with E-state index in [2.05, 4.69) is 35.3 Å². The number of nitrogens with zero attached hydrogens (tertiary/aromatic N) is 1. The zero-order valence-electron chi connectivity index (χ0n) is 9.54. The van der Waals surface area contributed by atoms with Gasteiger partial charge in [-0.05, 0) is 38.5 Å². The lowest BCUT2D eigenvalue weighted by atomic mass is 10.1. The van der Waals surface area contributed by atoms with Crippen LogP contribution in [-0.4, -0.2) is 12.1 Å². The van der Waals surface area contributed by atoms with E-state index in [4.69, 9.17) is 5.73 Å². The third-order valence-electron chi connectivity index (χ3n) is 2.42. The minimum Gasteiger partial charge on any atom is -0.360 e. The normalized spacial score (nSPS) is 15.1. The fourth-order valence-corrected chi connectivity index (χ4v) is 1.80. The molecule has 0 aliphatic carbocycles. The summed E-state index contributed by atoms with van der Waals surface area (Å²) in [7, 11) is 0. The quantitative estimate of drug-likeness (QED) is 0.775. The third-order valence-corrected chi connectivity index (χ3v) is 2.42. The Balaban J connectivity index is 2.22. The molecule has 1 aromatic carbocycles. The standard InChI is InChI=1S/C12H18N3/c1-9-4-5-11-10(6-9)14-8-15(11)7-12(2,3)13/h4-6,8,14H,7,13H2,1-3H3. The Kier molecular flexibility index (Phi) is 2.35. The van der Waals surface area contributed by atoms with Crippen molar-refractivity contribution in [1.82, 2.24) is 0 Å². The number of hydrogen-bond acceptors (Lipinski definition) is 3. The maximum absolute atomic E-state index is 6.01. The average Bonchev–Trinajstić information content (AvgIpc) is 2.45. The number of fused-ring (bicyclic) bond motifs is 1. The summed E-state index contributed by atoms with van der Waals surface area (Å²) in [5.74, 6) is 0. The first-order chi connectivity index (χ1) is 6.96. The number of rotatable bonds is 2. The van der Waals surface area contributed by atoms with Crippen LogP contribution in [-0.2, 0) is 0 Å². The molecule has 0 saturated carbocycles. The Morgan fingerprint density at radius 1 is 1.40 bits per heavy atom. The monoisotopic (exact) mass is 204 g/mol. The fourth-order valence-electron chi connectivity index (χ4n) is 1.80. The highest BCUT2D eigenvalue weighted by molar-refractivity contribution is 5.77. The smallest absolute Gasteiger partial charge is 0.139 e. The van der Waals surface area contributed by atoms with Crippen molar-refractivity contribution in [2.75, 3.05) is 16.8 Å². The second-order valence-electron chi connectivity index (χ2n) is 4.91. The van der Waals surface area contributed by atoms with E-state index in [1.165, 1.54) is 16.9 Å². The Morgan fingerprint density at radius 3 is 2.80 bits per heavy atom. The second kappa shape index (κ2) is 3.42. The van der Waals surface area contributed by atoms with Crippen molar-refractivity contribution < 1.29 is 0 Å². The van der Waals surface area contributed by atoms with Crippen LogP contribution >= 0.6 is 0 Å². The van der Waals surface area contributed by atoms with Gasteiger partial charge in [-0.1, -0.05) is 6.07 Å². The Labute approximate surface area is 91.3 Å². The highest BCUT2D eigenvalue weighted by atomic mass is 15.3. The molecule has 0 fully saturated rings. The van der Waals surface area contributed by atoms with E-state index in [-0.39, 0.29) is 5.54 Å². The molecule has 3 nitrogen and oxygen atoms in total. The van der Waals surface area contributed by atoms with Crippen molar-refractivity contribution >= 4 is 11.4 Å². The lowest BCUT2D eigenvalue weighted by molar-refractivity contribution is 0.522. The molecule has 1 aromatic rings. The Bertz CT molecular complexity index is 366. The van der Waals surface area contributed by atoms with Crippen LogP contribution in [0.3, 0.4) is 0 Å². The first-order valence-corrected chi connectivity index (χ1v) is 5.22. The van der Waals surface area contributed by atoms with Gasteiger partial charge >= 0.3 is 0 Å². The molecule has 3 N–H and O–H groups in total. The topological polar surface area (TPSA) is 41.3 Å². The molecule has 0 unspecified atom stereocenters. The summed E-state index contributed by atoms with van der Waals surface area (Å²) in [6.45, 7) is 8.96. The molecule has 1 heterocycles. The lowest BCUT2D eigenvalue weighted by Crippen LogP contribution is -2.44. The molecule has 1 aliphatic heterocycles. The largest absolute Gasteiger partial charge is 0.360 e. The summed E-state index contributed by atoms with van der Waals surface area (Å²) in [5.41, 5.74) is 9.46. The fraction of sp³-hybridized carbons (Fsp3) is 0.417. The van der Waals surface area contributed by atoms with Crippen LogP contribution in [0.2, 0.25) is 0 Å². The van der Waals surface area contributed by atoms with Crippen LogP contribution in [0.15, 0.2) is 18.2 Å². The molecule has 0 saturated heterocycles. The summed E-state index contributed by atoms with van der Waals surface area (Å²) in [5, 5.41) is 3.26. The van der Waals surface area contributed by atoms with E-state index in [1.54, 1.807) is 0 Å². The van der Waals surface area contributed by atoms with E-state index in [9.17, 15) is 0 Å². The number of nitrogens with two attached hydrogens (primary N) is 1. The van der Waals surface area contributed by atoms with Crippen molar-refractivity contribution in [3.05, 3.63) is 30.4 Å². The highest BCUT2D eigenvalue weighted by Gasteiger charge is 2.23. The van der Waals surface area contributed by atoms with Crippen LogP contribution in [0, 0.1) is 13.6 Å². The third kappa shape index (κ3) is 2.23. The zero-order valence-corrected chi connectivity index (χ0v) is 9.54. The minimum absolute atomic E-state index is 0.190. The second-order valence-corrected chi connectivity index (χ2v) is 4.91. The summed E-state index contributed by atoms with van der Waals surface area (Å²) in [6.07, 6.45) is 0. The van der Waals surface area contributed by atoms with E-state index < -0.39 is 0 Å². The SMILES string of the molecule is Cc1ccc2c(c1)N[CH]N2CC(C)(C)N. The van der Waals surface area contributed by atoms with Gasteiger partial charge in [-0.3, -0.25) is 0 Å². The summed E-state index contributed by atoms with van der Waals surface area (Å²) >= 11 is 0. The maximum Gasteiger partial charge on any atom is 0.139 e. The average molecular weight is 204 g/mol. The molecule has 1 aliphatic rings. The van der Waals surface area contributed by atoms with Crippen LogP contribution in [0.1, 0.15) is 19.4 Å². The predicted octanol–water partition coefficient (Wildman–Crippen LogP) is 2.08. The van der Waals surface area contributed by atoms with Crippen molar-refractivity contribution in [3.8, 4) is 0 Å². The molecule has 0 spiro atoms. The molecule has 0 atom stereocenters. The molecular weight excluding hydrogens is 186 g/mol. The first kappa shape index (κ1) is 10.3. The molecule has 3 heteroatoms. The Morgan fingerprint density at radius 2 is 2.13 bits per heavy atom. The summed E-state index contributed by atoms with van der Waals surface area (Å²) in [4.78, 5) is 2.16. The zero-order chi connectivity index (χ0) is 11.1. The summed E-state index contributed by atoms with van der Waals surface area (Å²) in [6, 6.07) is 6.40. The molecule has 81 valence electrons. The van der Waals surface area contributed by atoms with Crippen molar-refractivity contribution in [3.63, 3.8) is 0 Å². The van der Waals surface area contributed by atoms with Gasteiger partial charge in [0.25, 0.3) is 0 Å². The number of hydrogen-bond donors (Lipinski definition) is 2. The van der Waals surface area contributed by atoms with E-state index >= 15 is 0 Å². The van der Waals surface area contributed by atoms with Crippen LogP contribution < -0.4 is 16.0 Å². The van der Waals surface area contributed by atoms with Crippen LogP contribution in [0.5, 0.6) is 0 Å². The van der Waals surface area contributed by atoms with E-state index in [0.29, 0.717) is 0 Å². The first-order valence-electron chi connectivity index (χ1n) is 5.22. The predicted molar refractivity (Wildman–Crippen MR) is 64.7 cm³/mol. The highest BCUT2D eigenvalue weighted by Crippen LogP contribution is 2.34. The van der Waals surface area contributed by atoms with Gasteiger partial charge in [0.2, 0.25) is 0 Å². The van der Waals surface area contributed by atoms with Gasteiger partial charge in [0.1, 0.15) is 6.67 Å². The van der Waals surface area contributed by atoms with Gasteiger partial charge in [-0.2, -0.15) is 0 Å².